The van der Waals surface area contributed by atoms with Crippen molar-refractivity contribution in [3.05, 3.63) is 52.1 Å². The fourth-order valence-electron chi connectivity index (χ4n) is 1.46. The Morgan fingerprint density at radius 3 is 2.69 bits per heavy atom. The van der Waals surface area contributed by atoms with E-state index in [2.05, 4.69) is 53.0 Å². The van der Waals surface area contributed by atoms with Crippen LogP contribution in [0.3, 0.4) is 0 Å². The van der Waals surface area contributed by atoms with Gasteiger partial charge in [0, 0.05) is 11.1 Å². The number of halogens is 1. The van der Waals surface area contributed by atoms with Crippen LogP contribution < -0.4 is 0 Å². The van der Waals surface area contributed by atoms with Gasteiger partial charge in [0.2, 0.25) is 0 Å². The molecule has 0 amide bonds. The average molecular weight is 294 g/mol. The molecule has 2 rings (SSSR count). The zero-order valence-electron chi connectivity index (χ0n) is 9.20. The second-order valence-corrected chi connectivity index (χ2v) is 5.55. The van der Waals surface area contributed by atoms with Crippen molar-refractivity contribution in [1.29, 1.82) is 0 Å². The normalized spacial score (nSPS) is 10.4. The molecule has 1 aromatic heterocycles. The molecular formula is C13H12BrNS. The maximum Gasteiger partial charge on any atom is 0.115 e. The number of pyridine rings is 1. The lowest BCUT2D eigenvalue weighted by Crippen LogP contribution is -1.84. The number of nitrogens with zero attached hydrogens (tertiary/aromatic N) is 1. The molecule has 0 aliphatic heterocycles. The van der Waals surface area contributed by atoms with Crippen molar-refractivity contribution in [3.63, 3.8) is 0 Å². The van der Waals surface area contributed by atoms with Gasteiger partial charge in [0.1, 0.15) is 5.03 Å². The van der Waals surface area contributed by atoms with E-state index in [1.807, 2.05) is 18.3 Å². The van der Waals surface area contributed by atoms with E-state index in [9.17, 15) is 0 Å². The molecule has 0 radical (unpaired) electrons. The Balaban J connectivity index is 2.31. The first-order valence-electron chi connectivity index (χ1n) is 5.02. The van der Waals surface area contributed by atoms with Crippen LogP contribution >= 0.6 is 27.7 Å². The minimum absolute atomic E-state index is 1.01. The fraction of sp³-hybridized carbons (Fsp3) is 0.154. The quantitative estimate of drug-likeness (QED) is 0.802. The highest BCUT2D eigenvalue weighted by atomic mass is 79.9. The van der Waals surface area contributed by atoms with Crippen LogP contribution in [0.25, 0.3) is 0 Å². The molecule has 0 N–H and O–H groups in total. The maximum absolute atomic E-state index is 4.35. The summed E-state index contributed by atoms with van der Waals surface area (Å²) in [6.07, 6.45) is 1.82. The van der Waals surface area contributed by atoms with Gasteiger partial charge in [-0.1, -0.05) is 29.5 Å². The van der Waals surface area contributed by atoms with E-state index in [0.29, 0.717) is 0 Å². The average Bonchev–Trinajstić information content (AvgIpc) is 2.25. The van der Waals surface area contributed by atoms with Crippen molar-refractivity contribution in [2.24, 2.45) is 0 Å². The lowest BCUT2D eigenvalue weighted by atomic mass is 10.2. The second kappa shape index (κ2) is 5.02. The molecule has 0 aliphatic carbocycles. The smallest absolute Gasteiger partial charge is 0.115 e. The lowest BCUT2D eigenvalue weighted by Gasteiger charge is -2.06. The minimum Gasteiger partial charge on any atom is -0.248 e. The van der Waals surface area contributed by atoms with Crippen LogP contribution in [0.4, 0.5) is 0 Å². The minimum atomic E-state index is 1.01. The molecule has 82 valence electrons. The summed E-state index contributed by atoms with van der Waals surface area (Å²) in [5, 5.41) is 1.01. The Kier molecular flexibility index (Phi) is 3.66. The van der Waals surface area contributed by atoms with Gasteiger partial charge in [-0.25, -0.2) is 4.98 Å². The van der Waals surface area contributed by atoms with Crippen molar-refractivity contribution in [1.82, 2.24) is 4.98 Å². The zero-order valence-corrected chi connectivity index (χ0v) is 11.6. The first-order valence-corrected chi connectivity index (χ1v) is 6.63. The fourth-order valence-corrected chi connectivity index (χ4v) is 2.81. The van der Waals surface area contributed by atoms with Crippen molar-refractivity contribution in [3.8, 4) is 0 Å². The highest BCUT2D eigenvalue weighted by Gasteiger charge is 2.05. The largest absolute Gasteiger partial charge is 0.248 e. The third-order valence-corrected chi connectivity index (χ3v) is 4.36. The van der Waals surface area contributed by atoms with Gasteiger partial charge in [-0.15, -0.1) is 0 Å². The molecule has 0 atom stereocenters. The predicted octanol–water partition coefficient (Wildman–Crippen LogP) is 4.61. The molecule has 1 heterocycles. The first kappa shape index (κ1) is 11.7. The summed E-state index contributed by atoms with van der Waals surface area (Å²) in [5.74, 6) is 0. The number of benzene rings is 1. The third kappa shape index (κ3) is 2.66. The highest BCUT2D eigenvalue weighted by Crippen LogP contribution is 2.33. The summed E-state index contributed by atoms with van der Waals surface area (Å²) in [6.45, 7) is 4.24. The molecule has 16 heavy (non-hydrogen) atoms. The van der Waals surface area contributed by atoms with Crippen LogP contribution in [0, 0.1) is 13.8 Å². The van der Waals surface area contributed by atoms with E-state index in [1.165, 1.54) is 16.0 Å². The van der Waals surface area contributed by atoms with Crippen LogP contribution in [0.2, 0.25) is 0 Å². The van der Waals surface area contributed by atoms with Gasteiger partial charge >= 0.3 is 0 Å². The molecule has 1 aromatic carbocycles. The molecule has 1 nitrogen and oxygen atoms in total. The summed E-state index contributed by atoms with van der Waals surface area (Å²) in [6, 6.07) is 10.4. The van der Waals surface area contributed by atoms with E-state index in [-0.39, 0.29) is 0 Å². The van der Waals surface area contributed by atoms with Gasteiger partial charge in [0.25, 0.3) is 0 Å². The molecule has 0 fully saturated rings. The summed E-state index contributed by atoms with van der Waals surface area (Å²) in [7, 11) is 0. The Morgan fingerprint density at radius 2 is 2.00 bits per heavy atom. The van der Waals surface area contributed by atoms with Crippen molar-refractivity contribution < 1.29 is 0 Å². The lowest BCUT2D eigenvalue weighted by molar-refractivity contribution is 1.10. The molecule has 0 spiro atoms. The van der Waals surface area contributed by atoms with Gasteiger partial charge in [0.05, 0.1) is 4.47 Å². The third-order valence-electron chi connectivity index (χ3n) is 2.26. The van der Waals surface area contributed by atoms with Crippen molar-refractivity contribution in [2.45, 2.75) is 23.8 Å². The van der Waals surface area contributed by atoms with Crippen molar-refractivity contribution in [2.75, 3.05) is 0 Å². The zero-order chi connectivity index (χ0) is 11.5. The monoisotopic (exact) mass is 293 g/mol. The summed E-state index contributed by atoms with van der Waals surface area (Å²) in [5.41, 5.74) is 2.59. The van der Waals surface area contributed by atoms with Crippen LogP contribution in [0.15, 0.2) is 50.9 Å². The van der Waals surface area contributed by atoms with Gasteiger partial charge < -0.3 is 0 Å². The Morgan fingerprint density at radius 1 is 1.19 bits per heavy atom. The second-order valence-electron chi connectivity index (χ2n) is 3.66. The summed E-state index contributed by atoms with van der Waals surface area (Å²) < 4.78 is 1.04. The summed E-state index contributed by atoms with van der Waals surface area (Å²) in [4.78, 5) is 5.61. The molecule has 0 saturated heterocycles. The van der Waals surface area contributed by atoms with E-state index in [0.717, 1.165) is 9.50 Å². The SMILES string of the molecule is Cc1ccc(Sc2ncccc2Br)c(C)c1. The number of rotatable bonds is 2. The Labute approximate surface area is 108 Å². The standard InChI is InChI=1S/C13H12BrNS/c1-9-5-6-12(10(2)8-9)16-13-11(14)4-3-7-15-13/h3-8H,1-2H3. The predicted molar refractivity (Wildman–Crippen MR) is 72.0 cm³/mol. The summed E-state index contributed by atoms with van der Waals surface area (Å²) >= 11 is 5.20. The van der Waals surface area contributed by atoms with Gasteiger partial charge in [-0.3, -0.25) is 0 Å². The van der Waals surface area contributed by atoms with Crippen LogP contribution in [0.5, 0.6) is 0 Å². The molecule has 3 heteroatoms. The van der Waals surface area contributed by atoms with Crippen LogP contribution in [-0.2, 0) is 0 Å². The van der Waals surface area contributed by atoms with Crippen LogP contribution in [0.1, 0.15) is 11.1 Å². The molecule has 0 unspecified atom stereocenters. The first-order chi connectivity index (χ1) is 7.66. The number of aromatic nitrogens is 1. The number of hydrogen-bond donors (Lipinski definition) is 0. The van der Waals surface area contributed by atoms with Gasteiger partial charge in [-0.2, -0.15) is 0 Å². The van der Waals surface area contributed by atoms with E-state index >= 15 is 0 Å². The van der Waals surface area contributed by atoms with Crippen molar-refractivity contribution >= 4 is 27.7 Å². The topological polar surface area (TPSA) is 12.9 Å². The van der Waals surface area contributed by atoms with E-state index in [1.54, 1.807) is 11.8 Å². The molecular weight excluding hydrogens is 282 g/mol. The molecule has 0 bridgehead atoms. The molecule has 2 aromatic rings. The highest BCUT2D eigenvalue weighted by molar-refractivity contribution is 9.10. The van der Waals surface area contributed by atoms with Gasteiger partial charge in [0.15, 0.2) is 0 Å². The van der Waals surface area contributed by atoms with Gasteiger partial charge in [-0.05, 0) is 53.5 Å². The Bertz CT molecular complexity index is 511. The number of hydrogen-bond acceptors (Lipinski definition) is 2. The van der Waals surface area contributed by atoms with E-state index in [4.69, 9.17) is 0 Å². The number of aryl methyl sites for hydroxylation is 2. The van der Waals surface area contributed by atoms with Crippen LogP contribution in [-0.4, -0.2) is 4.98 Å². The Hall–Kier alpha value is -0.800. The molecule has 0 saturated carbocycles. The maximum atomic E-state index is 4.35. The van der Waals surface area contributed by atoms with E-state index < -0.39 is 0 Å². The molecule has 0 aliphatic rings.